The zero-order valence-corrected chi connectivity index (χ0v) is 10.8. The molecule has 1 atom stereocenters. The summed E-state index contributed by atoms with van der Waals surface area (Å²) >= 11 is 0. The van der Waals surface area contributed by atoms with Crippen molar-refractivity contribution in [3.63, 3.8) is 0 Å². The van der Waals surface area contributed by atoms with E-state index in [1.54, 1.807) is 0 Å². The first-order valence-corrected chi connectivity index (χ1v) is 7.11. The maximum absolute atomic E-state index is 3.94. The average Bonchev–Trinajstić information content (AvgIpc) is 2.29. The van der Waals surface area contributed by atoms with Crippen molar-refractivity contribution in [2.24, 2.45) is 0 Å². The second-order valence-corrected chi connectivity index (χ2v) is 5.18. The molecule has 0 aliphatic heterocycles. The van der Waals surface area contributed by atoms with E-state index >= 15 is 0 Å². The molecule has 0 aromatic heterocycles. The van der Waals surface area contributed by atoms with Crippen LogP contribution in [0.5, 0.6) is 0 Å². The Morgan fingerprint density at radius 1 is 1.12 bits per heavy atom. The monoisotopic (exact) mass is 228 g/mol. The molecule has 0 heteroatoms. The van der Waals surface area contributed by atoms with E-state index in [0.29, 0.717) is 5.92 Å². The lowest BCUT2D eigenvalue weighted by Crippen LogP contribution is -2.03. The number of aryl methyl sites for hydroxylation is 1. The van der Waals surface area contributed by atoms with Gasteiger partial charge < -0.3 is 0 Å². The van der Waals surface area contributed by atoms with Gasteiger partial charge in [-0.3, -0.25) is 0 Å². The van der Waals surface area contributed by atoms with Gasteiger partial charge in [0.1, 0.15) is 0 Å². The summed E-state index contributed by atoms with van der Waals surface area (Å²) in [5.74, 6) is 0.695. The van der Waals surface area contributed by atoms with Crippen molar-refractivity contribution in [1.29, 1.82) is 0 Å². The van der Waals surface area contributed by atoms with E-state index < -0.39 is 0 Å². The standard InChI is InChI=1S/C17H24/c1-2-9-15-10-8-13-17(14-15)16-11-6-4-3-5-7-12-16/h8,10-11,13-14,16H,1-7,9,12H2. The summed E-state index contributed by atoms with van der Waals surface area (Å²) in [5.41, 5.74) is 2.98. The third kappa shape index (κ3) is 3.87. The number of benzene rings is 1. The molecule has 1 aromatic carbocycles. The van der Waals surface area contributed by atoms with Crippen LogP contribution in [0.3, 0.4) is 0 Å². The normalized spacial score (nSPS) is 18.6. The first-order valence-electron chi connectivity index (χ1n) is 7.11. The number of hydrogen-bond acceptors (Lipinski definition) is 0. The third-order valence-electron chi connectivity index (χ3n) is 3.77. The van der Waals surface area contributed by atoms with Crippen LogP contribution >= 0.6 is 0 Å². The van der Waals surface area contributed by atoms with Crippen molar-refractivity contribution in [3.8, 4) is 0 Å². The first kappa shape index (κ1) is 12.7. The van der Waals surface area contributed by atoms with E-state index in [2.05, 4.69) is 37.6 Å². The second-order valence-electron chi connectivity index (χ2n) is 5.18. The Bertz CT molecular complexity index is 319. The van der Waals surface area contributed by atoms with Crippen LogP contribution in [0.15, 0.2) is 24.3 Å². The molecule has 0 amide bonds. The highest BCUT2D eigenvalue weighted by molar-refractivity contribution is 5.28. The molecule has 1 unspecified atom stereocenters. The van der Waals surface area contributed by atoms with Crippen LogP contribution in [-0.4, -0.2) is 0 Å². The quantitative estimate of drug-likeness (QED) is 0.675. The van der Waals surface area contributed by atoms with E-state index in [1.165, 1.54) is 49.7 Å². The summed E-state index contributed by atoms with van der Waals surface area (Å²) in [5, 5.41) is 0. The Kier molecular flexibility index (Phi) is 5.09. The van der Waals surface area contributed by atoms with E-state index in [4.69, 9.17) is 0 Å². The largest absolute Gasteiger partial charge is 0.0617 e. The van der Waals surface area contributed by atoms with Crippen molar-refractivity contribution in [2.75, 3.05) is 0 Å². The molecule has 92 valence electrons. The molecule has 0 spiro atoms. The van der Waals surface area contributed by atoms with Gasteiger partial charge in [-0.2, -0.15) is 0 Å². The molecule has 0 saturated heterocycles. The van der Waals surface area contributed by atoms with Crippen molar-refractivity contribution in [2.45, 2.75) is 57.3 Å². The predicted molar refractivity (Wildman–Crippen MR) is 74.9 cm³/mol. The van der Waals surface area contributed by atoms with Gasteiger partial charge in [0.15, 0.2) is 0 Å². The average molecular weight is 228 g/mol. The lowest BCUT2D eigenvalue weighted by atomic mass is 9.85. The fourth-order valence-electron chi connectivity index (χ4n) is 2.79. The maximum Gasteiger partial charge on any atom is -0.0131 e. The van der Waals surface area contributed by atoms with Gasteiger partial charge in [-0.15, -0.1) is 0 Å². The minimum Gasteiger partial charge on any atom is -0.0617 e. The molecular weight excluding hydrogens is 204 g/mol. The molecule has 0 heterocycles. The van der Waals surface area contributed by atoms with Gasteiger partial charge in [-0.05, 0) is 49.1 Å². The minimum absolute atomic E-state index is 0.695. The molecule has 1 saturated carbocycles. The molecule has 2 radical (unpaired) electrons. The van der Waals surface area contributed by atoms with Crippen molar-refractivity contribution < 1.29 is 0 Å². The van der Waals surface area contributed by atoms with Crippen LogP contribution in [-0.2, 0) is 6.42 Å². The molecule has 17 heavy (non-hydrogen) atoms. The fraction of sp³-hybridized carbons (Fsp3) is 0.529. The number of hydrogen-bond donors (Lipinski definition) is 0. The van der Waals surface area contributed by atoms with Crippen molar-refractivity contribution in [3.05, 3.63) is 48.7 Å². The summed E-state index contributed by atoms with van der Waals surface area (Å²) in [6.07, 6.45) is 12.9. The molecular formula is C17H24. The molecule has 1 fully saturated rings. The molecule has 0 nitrogen and oxygen atoms in total. The Hall–Kier alpha value is -0.780. The third-order valence-corrected chi connectivity index (χ3v) is 3.77. The SMILES string of the molecule is [CH2]CCc1cccc(C2[CH]CCCCCC2)c1. The highest BCUT2D eigenvalue weighted by Crippen LogP contribution is 2.30. The fourth-order valence-corrected chi connectivity index (χ4v) is 2.79. The summed E-state index contributed by atoms with van der Waals surface area (Å²) in [6.45, 7) is 3.94. The van der Waals surface area contributed by atoms with Gasteiger partial charge in [-0.1, -0.05) is 56.9 Å². The van der Waals surface area contributed by atoms with E-state index in [1.807, 2.05) is 0 Å². The highest BCUT2D eigenvalue weighted by Gasteiger charge is 2.13. The van der Waals surface area contributed by atoms with Gasteiger partial charge in [0.05, 0.1) is 0 Å². The van der Waals surface area contributed by atoms with Gasteiger partial charge >= 0.3 is 0 Å². The lowest BCUT2D eigenvalue weighted by Gasteiger charge is -2.20. The van der Waals surface area contributed by atoms with E-state index in [0.717, 1.165) is 12.8 Å². The van der Waals surface area contributed by atoms with Gasteiger partial charge in [-0.25, -0.2) is 0 Å². The van der Waals surface area contributed by atoms with E-state index in [-0.39, 0.29) is 0 Å². The Morgan fingerprint density at radius 2 is 2.00 bits per heavy atom. The van der Waals surface area contributed by atoms with Crippen LogP contribution in [0.25, 0.3) is 0 Å². The number of rotatable bonds is 3. The predicted octanol–water partition coefficient (Wildman–Crippen LogP) is 5.10. The zero-order chi connectivity index (χ0) is 11.9. The topological polar surface area (TPSA) is 0 Å². The zero-order valence-electron chi connectivity index (χ0n) is 10.8. The minimum atomic E-state index is 0.695. The van der Waals surface area contributed by atoms with Crippen LogP contribution in [0.1, 0.15) is 62.0 Å². The summed E-state index contributed by atoms with van der Waals surface area (Å²) in [6, 6.07) is 9.15. The molecule has 1 aromatic rings. The molecule has 0 N–H and O–H groups in total. The van der Waals surface area contributed by atoms with Crippen LogP contribution in [0.2, 0.25) is 0 Å². The molecule has 0 bridgehead atoms. The lowest BCUT2D eigenvalue weighted by molar-refractivity contribution is 0.525. The molecule has 1 aliphatic rings. The highest BCUT2D eigenvalue weighted by atomic mass is 14.2. The molecule has 1 aliphatic carbocycles. The second kappa shape index (κ2) is 6.83. The van der Waals surface area contributed by atoms with Crippen LogP contribution in [0, 0.1) is 13.3 Å². The van der Waals surface area contributed by atoms with Crippen LogP contribution < -0.4 is 0 Å². The first-order chi connectivity index (χ1) is 8.40. The van der Waals surface area contributed by atoms with Gasteiger partial charge in [0, 0.05) is 0 Å². The van der Waals surface area contributed by atoms with Gasteiger partial charge in [0.2, 0.25) is 0 Å². The van der Waals surface area contributed by atoms with Gasteiger partial charge in [0.25, 0.3) is 0 Å². The smallest absolute Gasteiger partial charge is 0.0131 e. The summed E-state index contributed by atoms with van der Waals surface area (Å²) in [4.78, 5) is 0. The summed E-state index contributed by atoms with van der Waals surface area (Å²) < 4.78 is 0. The molecule has 2 rings (SSSR count). The van der Waals surface area contributed by atoms with Crippen LogP contribution in [0.4, 0.5) is 0 Å². The van der Waals surface area contributed by atoms with Crippen molar-refractivity contribution in [1.82, 2.24) is 0 Å². The Labute approximate surface area is 106 Å². The Morgan fingerprint density at radius 3 is 2.88 bits per heavy atom. The van der Waals surface area contributed by atoms with Crippen molar-refractivity contribution >= 4 is 0 Å². The Balaban J connectivity index is 2.05. The summed E-state index contributed by atoms with van der Waals surface area (Å²) in [7, 11) is 0. The van der Waals surface area contributed by atoms with E-state index in [9.17, 15) is 0 Å². The maximum atomic E-state index is 3.94.